The van der Waals surface area contributed by atoms with Crippen molar-refractivity contribution in [2.75, 3.05) is 11.1 Å². The number of benzene rings is 1. The molecule has 1 aliphatic heterocycles. The summed E-state index contributed by atoms with van der Waals surface area (Å²) in [6.45, 7) is 3.04. The number of nitrogens with one attached hydrogen (secondary N) is 1. The van der Waals surface area contributed by atoms with Crippen molar-refractivity contribution >= 4 is 21.4 Å². The molecular weight excluding hydrogens is 306 g/mol. The SMILES string of the molecule is CC(=O)Nc1cc(O)c2c(c1O)[C@@H]1CCS(=O)(=O)C1=C(C)C2. The van der Waals surface area contributed by atoms with Crippen molar-refractivity contribution in [2.24, 2.45) is 0 Å². The van der Waals surface area contributed by atoms with E-state index >= 15 is 0 Å². The van der Waals surface area contributed by atoms with Gasteiger partial charge in [-0.2, -0.15) is 0 Å². The van der Waals surface area contributed by atoms with Crippen LogP contribution in [0.4, 0.5) is 5.69 Å². The van der Waals surface area contributed by atoms with Gasteiger partial charge >= 0.3 is 0 Å². The molecule has 0 bridgehead atoms. The van der Waals surface area contributed by atoms with Crippen LogP contribution in [0.25, 0.3) is 0 Å². The molecule has 6 nitrogen and oxygen atoms in total. The van der Waals surface area contributed by atoms with Gasteiger partial charge in [0, 0.05) is 30.0 Å². The second kappa shape index (κ2) is 4.74. The lowest BCUT2D eigenvalue weighted by molar-refractivity contribution is -0.114. The zero-order chi connectivity index (χ0) is 16.2. The number of amides is 1. The topological polar surface area (TPSA) is 104 Å². The smallest absolute Gasteiger partial charge is 0.221 e. The van der Waals surface area contributed by atoms with Crippen LogP contribution < -0.4 is 5.32 Å². The molecule has 1 saturated heterocycles. The maximum absolute atomic E-state index is 12.2. The average Bonchev–Trinajstić information content (AvgIpc) is 2.72. The minimum absolute atomic E-state index is 0.0361. The highest BCUT2D eigenvalue weighted by Gasteiger charge is 2.42. The summed E-state index contributed by atoms with van der Waals surface area (Å²) in [5.41, 5.74) is 1.77. The average molecular weight is 323 g/mol. The quantitative estimate of drug-likeness (QED) is 0.540. The van der Waals surface area contributed by atoms with Gasteiger partial charge in [0.1, 0.15) is 11.5 Å². The van der Waals surface area contributed by atoms with E-state index in [1.54, 1.807) is 6.92 Å². The minimum Gasteiger partial charge on any atom is -0.508 e. The van der Waals surface area contributed by atoms with E-state index < -0.39 is 15.8 Å². The third kappa shape index (κ3) is 2.08. The molecule has 1 aliphatic carbocycles. The van der Waals surface area contributed by atoms with Gasteiger partial charge in [0.2, 0.25) is 5.91 Å². The third-order valence-corrected chi connectivity index (χ3v) is 6.35. The molecule has 1 fully saturated rings. The van der Waals surface area contributed by atoms with Gasteiger partial charge < -0.3 is 15.5 Å². The molecule has 1 heterocycles. The summed E-state index contributed by atoms with van der Waals surface area (Å²) in [7, 11) is -3.31. The van der Waals surface area contributed by atoms with Crippen LogP contribution in [0.2, 0.25) is 0 Å². The van der Waals surface area contributed by atoms with Crippen molar-refractivity contribution in [3.8, 4) is 11.5 Å². The Morgan fingerprint density at radius 3 is 2.68 bits per heavy atom. The number of carbonyl (C=O) groups excluding carboxylic acids is 1. The highest BCUT2D eigenvalue weighted by molar-refractivity contribution is 7.95. The number of hydrogen-bond acceptors (Lipinski definition) is 5. The Bertz CT molecular complexity index is 823. The van der Waals surface area contributed by atoms with Crippen LogP contribution in [0.1, 0.15) is 37.3 Å². The van der Waals surface area contributed by atoms with Crippen molar-refractivity contribution < 1.29 is 23.4 Å². The van der Waals surface area contributed by atoms with Crippen LogP contribution in [0, 0.1) is 0 Å². The van der Waals surface area contributed by atoms with E-state index in [1.807, 2.05) is 0 Å². The number of sulfone groups is 1. The normalized spacial score (nSPS) is 22.2. The van der Waals surface area contributed by atoms with Crippen molar-refractivity contribution in [3.63, 3.8) is 0 Å². The van der Waals surface area contributed by atoms with Gasteiger partial charge in [0.15, 0.2) is 9.84 Å². The molecule has 1 amide bonds. The third-order valence-electron chi connectivity index (χ3n) is 4.27. The maximum atomic E-state index is 12.2. The van der Waals surface area contributed by atoms with E-state index in [0.717, 1.165) is 0 Å². The molecule has 0 aromatic heterocycles. The van der Waals surface area contributed by atoms with Gasteiger partial charge in [-0.15, -0.1) is 0 Å². The fourth-order valence-corrected chi connectivity index (χ4v) is 5.52. The van der Waals surface area contributed by atoms with Gasteiger partial charge in [0.05, 0.1) is 16.3 Å². The Balaban J connectivity index is 2.24. The van der Waals surface area contributed by atoms with Gasteiger partial charge in [-0.05, 0) is 19.8 Å². The van der Waals surface area contributed by atoms with E-state index in [4.69, 9.17) is 0 Å². The second-order valence-corrected chi connectivity index (χ2v) is 7.92. The first-order valence-electron chi connectivity index (χ1n) is 7.00. The van der Waals surface area contributed by atoms with Crippen molar-refractivity contribution in [2.45, 2.75) is 32.6 Å². The number of phenols is 2. The fourth-order valence-electron chi connectivity index (χ4n) is 3.49. The molecule has 0 saturated carbocycles. The van der Waals surface area contributed by atoms with Gasteiger partial charge in [-0.1, -0.05) is 5.57 Å². The Morgan fingerprint density at radius 1 is 1.36 bits per heavy atom. The molecule has 2 aliphatic rings. The molecule has 1 aromatic rings. The number of hydrogen-bond donors (Lipinski definition) is 3. The summed E-state index contributed by atoms with van der Waals surface area (Å²) in [5, 5.41) is 23.1. The first-order chi connectivity index (χ1) is 10.2. The first-order valence-corrected chi connectivity index (χ1v) is 8.65. The zero-order valence-corrected chi connectivity index (χ0v) is 13.1. The molecule has 0 spiro atoms. The highest BCUT2D eigenvalue weighted by Crippen LogP contribution is 2.52. The largest absolute Gasteiger partial charge is 0.508 e. The second-order valence-electron chi connectivity index (χ2n) is 5.85. The van der Waals surface area contributed by atoms with Crippen LogP contribution in [0.3, 0.4) is 0 Å². The van der Waals surface area contributed by atoms with E-state index in [1.165, 1.54) is 13.0 Å². The molecule has 3 N–H and O–H groups in total. The monoisotopic (exact) mass is 323 g/mol. The van der Waals surface area contributed by atoms with Gasteiger partial charge in [-0.3, -0.25) is 4.79 Å². The molecule has 0 radical (unpaired) electrons. The number of phenolic OH excluding ortho intramolecular Hbond substituents is 2. The minimum atomic E-state index is -3.31. The molecule has 0 unspecified atom stereocenters. The van der Waals surface area contributed by atoms with E-state index in [2.05, 4.69) is 5.32 Å². The number of aromatic hydroxyl groups is 2. The highest BCUT2D eigenvalue weighted by atomic mass is 32.2. The number of fused-ring (bicyclic) bond motifs is 3. The Hall–Kier alpha value is -2.02. The molecule has 7 heteroatoms. The summed E-state index contributed by atoms with van der Waals surface area (Å²) in [4.78, 5) is 11.6. The molecule has 3 rings (SSSR count). The summed E-state index contributed by atoms with van der Waals surface area (Å²) >= 11 is 0. The summed E-state index contributed by atoms with van der Waals surface area (Å²) < 4.78 is 24.4. The zero-order valence-electron chi connectivity index (χ0n) is 12.3. The van der Waals surface area contributed by atoms with Gasteiger partial charge in [-0.25, -0.2) is 8.42 Å². The maximum Gasteiger partial charge on any atom is 0.221 e. The van der Waals surface area contributed by atoms with Crippen molar-refractivity contribution in [1.82, 2.24) is 0 Å². The number of anilines is 1. The number of rotatable bonds is 1. The van der Waals surface area contributed by atoms with Crippen LogP contribution in [0.15, 0.2) is 16.5 Å². The summed E-state index contributed by atoms with van der Waals surface area (Å²) in [6.07, 6.45) is 0.651. The van der Waals surface area contributed by atoms with Crippen LogP contribution in [0.5, 0.6) is 11.5 Å². The standard InChI is InChI=1S/C15H17NO5S/c1-7-5-10-12(18)6-11(16-8(2)17)14(19)13(10)9-3-4-22(20,21)15(7)9/h6,9,18-19H,3-5H2,1-2H3,(H,16,17)/t9-/m0/s1. The van der Waals surface area contributed by atoms with Crippen LogP contribution in [-0.2, 0) is 21.1 Å². The molecule has 118 valence electrons. The Morgan fingerprint density at radius 2 is 2.05 bits per heavy atom. The summed E-state index contributed by atoms with van der Waals surface area (Å²) in [6, 6.07) is 1.30. The van der Waals surface area contributed by atoms with Crippen molar-refractivity contribution in [1.29, 1.82) is 0 Å². The van der Waals surface area contributed by atoms with E-state index in [9.17, 15) is 23.4 Å². The molecule has 1 aromatic carbocycles. The van der Waals surface area contributed by atoms with Crippen LogP contribution >= 0.6 is 0 Å². The lowest BCUT2D eigenvalue weighted by Gasteiger charge is -2.27. The Kier molecular flexibility index (Phi) is 3.21. The van der Waals surface area contributed by atoms with Gasteiger partial charge in [0.25, 0.3) is 0 Å². The molecular formula is C15H17NO5S. The number of allylic oxidation sites excluding steroid dienone is 2. The number of carbonyl (C=O) groups is 1. The lowest BCUT2D eigenvalue weighted by Crippen LogP contribution is -2.15. The molecule has 1 atom stereocenters. The molecule has 22 heavy (non-hydrogen) atoms. The van der Waals surface area contributed by atoms with E-state index in [0.29, 0.717) is 28.0 Å². The summed E-state index contributed by atoms with van der Waals surface area (Å²) in [5.74, 6) is -0.993. The predicted octanol–water partition coefficient (Wildman–Crippen LogP) is 1.79. The van der Waals surface area contributed by atoms with E-state index in [-0.39, 0.29) is 35.3 Å². The first kappa shape index (κ1) is 14.9. The predicted molar refractivity (Wildman–Crippen MR) is 81.6 cm³/mol. The van der Waals surface area contributed by atoms with Crippen molar-refractivity contribution in [3.05, 3.63) is 27.7 Å². The fraction of sp³-hybridized carbons (Fsp3) is 0.400. The lowest BCUT2D eigenvalue weighted by atomic mass is 9.81. The Labute approximate surface area is 128 Å². The van der Waals surface area contributed by atoms with Crippen LogP contribution in [-0.4, -0.2) is 30.3 Å².